The van der Waals surface area contributed by atoms with Crippen molar-refractivity contribution in [3.8, 4) is 5.75 Å². The summed E-state index contributed by atoms with van der Waals surface area (Å²) in [4.78, 5) is 12.6. The van der Waals surface area contributed by atoms with E-state index in [0.717, 1.165) is 50.3 Å². The van der Waals surface area contributed by atoms with Gasteiger partial charge in [-0.1, -0.05) is 26.0 Å². The minimum Gasteiger partial charge on any atom is -0.493 e. The second-order valence-corrected chi connectivity index (χ2v) is 7.87. The van der Waals surface area contributed by atoms with E-state index in [4.69, 9.17) is 4.74 Å². The maximum atomic E-state index is 12.6. The molecule has 0 bridgehead atoms. The molecule has 2 aliphatic rings. The Morgan fingerprint density at radius 2 is 1.92 bits per heavy atom. The van der Waals surface area contributed by atoms with Gasteiger partial charge >= 0.3 is 0 Å². The highest BCUT2D eigenvalue weighted by Gasteiger charge is 2.57. The van der Waals surface area contributed by atoms with Gasteiger partial charge in [-0.15, -0.1) is 0 Å². The molecule has 0 radical (unpaired) electrons. The predicted octanol–water partition coefficient (Wildman–Crippen LogP) is 3.29. The molecule has 0 aromatic heterocycles. The first kappa shape index (κ1) is 17.3. The molecular formula is C20H30N2O2. The quantitative estimate of drug-likeness (QED) is 0.841. The van der Waals surface area contributed by atoms with Gasteiger partial charge in [0.2, 0.25) is 5.91 Å². The maximum absolute atomic E-state index is 12.6. The number of hydrogen-bond acceptors (Lipinski definition) is 3. The van der Waals surface area contributed by atoms with Crippen LogP contribution in [0.3, 0.4) is 0 Å². The molecule has 4 nitrogen and oxygen atoms in total. The molecule has 1 aliphatic heterocycles. The third-order valence-electron chi connectivity index (χ3n) is 5.43. The Balaban J connectivity index is 1.51. The topological polar surface area (TPSA) is 50.4 Å². The third-order valence-corrected chi connectivity index (χ3v) is 5.43. The van der Waals surface area contributed by atoms with Crippen molar-refractivity contribution in [2.24, 2.45) is 17.3 Å². The summed E-state index contributed by atoms with van der Waals surface area (Å²) in [6.07, 6.45) is 3.35. The Bertz CT molecular complexity index is 562. The van der Waals surface area contributed by atoms with E-state index in [1.54, 1.807) is 0 Å². The fourth-order valence-corrected chi connectivity index (χ4v) is 3.71. The normalized spacial score (nSPS) is 23.1. The van der Waals surface area contributed by atoms with Crippen molar-refractivity contribution < 1.29 is 9.53 Å². The van der Waals surface area contributed by atoms with Gasteiger partial charge in [0.1, 0.15) is 5.75 Å². The zero-order valence-electron chi connectivity index (χ0n) is 15.1. The molecule has 1 amide bonds. The molecule has 1 aliphatic carbocycles. The van der Waals surface area contributed by atoms with Crippen molar-refractivity contribution in [1.29, 1.82) is 0 Å². The van der Waals surface area contributed by atoms with Crippen LogP contribution in [0.15, 0.2) is 24.3 Å². The molecule has 2 atom stereocenters. The van der Waals surface area contributed by atoms with Gasteiger partial charge < -0.3 is 15.4 Å². The molecule has 1 aromatic rings. The number of nitrogens with one attached hydrogen (secondary N) is 2. The lowest BCUT2D eigenvalue weighted by Gasteiger charge is -2.24. The SMILES string of the molecule is CC(C)COc1ccc(C(C)NC(=O)C2CC23CCNCC3)cc1. The van der Waals surface area contributed by atoms with Crippen molar-refractivity contribution in [2.75, 3.05) is 19.7 Å². The lowest BCUT2D eigenvalue weighted by molar-refractivity contribution is -0.123. The van der Waals surface area contributed by atoms with Gasteiger partial charge in [-0.05, 0) is 68.3 Å². The first-order chi connectivity index (χ1) is 11.5. The van der Waals surface area contributed by atoms with E-state index in [1.165, 1.54) is 0 Å². The highest BCUT2D eigenvalue weighted by Crippen LogP contribution is 2.58. The van der Waals surface area contributed by atoms with E-state index in [2.05, 4.69) is 31.4 Å². The van der Waals surface area contributed by atoms with Crippen LogP contribution in [-0.4, -0.2) is 25.6 Å². The molecule has 3 rings (SSSR count). The summed E-state index contributed by atoms with van der Waals surface area (Å²) in [5.41, 5.74) is 1.42. The minimum absolute atomic E-state index is 0.0380. The van der Waals surface area contributed by atoms with E-state index in [-0.39, 0.29) is 17.9 Å². The number of rotatable bonds is 6. The van der Waals surface area contributed by atoms with Crippen LogP contribution < -0.4 is 15.4 Å². The molecule has 132 valence electrons. The highest BCUT2D eigenvalue weighted by molar-refractivity contribution is 5.83. The van der Waals surface area contributed by atoms with Crippen molar-refractivity contribution in [2.45, 2.75) is 46.1 Å². The molecule has 1 saturated heterocycles. The zero-order valence-corrected chi connectivity index (χ0v) is 15.1. The summed E-state index contributed by atoms with van der Waals surface area (Å²) in [6.45, 7) is 9.16. The zero-order chi connectivity index (χ0) is 17.2. The predicted molar refractivity (Wildman–Crippen MR) is 96.0 cm³/mol. The fourth-order valence-electron chi connectivity index (χ4n) is 3.71. The van der Waals surface area contributed by atoms with Crippen molar-refractivity contribution in [3.63, 3.8) is 0 Å². The lowest BCUT2D eigenvalue weighted by Crippen LogP contribution is -2.34. The Kier molecular flexibility index (Phi) is 5.14. The number of ether oxygens (including phenoxy) is 1. The van der Waals surface area contributed by atoms with Crippen LogP contribution in [0.25, 0.3) is 0 Å². The van der Waals surface area contributed by atoms with Crippen molar-refractivity contribution in [1.82, 2.24) is 10.6 Å². The first-order valence-corrected chi connectivity index (χ1v) is 9.24. The van der Waals surface area contributed by atoms with Crippen LogP contribution in [0.1, 0.15) is 51.6 Å². The second-order valence-electron chi connectivity index (χ2n) is 7.87. The third kappa shape index (κ3) is 3.92. The number of benzene rings is 1. The summed E-state index contributed by atoms with van der Waals surface area (Å²) < 4.78 is 5.71. The molecule has 1 heterocycles. The van der Waals surface area contributed by atoms with Gasteiger partial charge in [0.05, 0.1) is 12.6 Å². The van der Waals surface area contributed by atoms with Crippen molar-refractivity contribution >= 4 is 5.91 Å². The minimum atomic E-state index is 0.0380. The standard InChI is InChI=1S/C20H30N2O2/c1-14(2)13-24-17-6-4-16(5-7-17)15(3)22-19(23)18-12-20(18)8-10-21-11-9-20/h4-7,14-15,18,21H,8-13H2,1-3H3,(H,22,23). The molecule has 1 spiro atoms. The second kappa shape index (κ2) is 7.14. The fraction of sp³-hybridized carbons (Fsp3) is 0.650. The summed E-state index contributed by atoms with van der Waals surface area (Å²) in [5.74, 6) is 1.85. The summed E-state index contributed by atoms with van der Waals surface area (Å²) in [5, 5.41) is 6.58. The largest absolute Gasteiger partial charge is 0.493 e. The Morgan fingerprint density at radius 3 is 2.54 bits per heavy atom. The molecule has 2 fully saturated rings. The van der Waals surface area contributed by atoms with E-state index in [1.807, 2.05) is 24.3 Å². The summed E-state index contributed by atoms with van der Waals surface area (Å²) >= 11 is 0. The molecule has 1 aromatic carbocycles. The van der Waals surface area contributed by atoms with Gasteiger partial charge in [0.25, 0.3) is 0 Å². The van der Waals surface area contributed by atoms with Gasteiger partial charge in [0, 0.05) is 5.92 Å². The van der Waals surface area contributed by atoms with E-state index >= 15 is 0 Å². The highest BCUT2D eigenvalue weighted by atomic mass is 16.5. The smallest absolute Gasteiger partial charge is 0.224 e. The molecule has 1 saturated carbocycles. The van der Waals surface area contributed by atoms with E-state index in [0.29, 0.717) is 11.3 Å². The van der Waals surface area contributed by atoms with Crippen LogP contribution >= 0.6 is 0 Å². The average Bonchev–Trinajstić information content (AvgIpc) is 3.27. The van der Waals surface area contributed by atoms with Gasteiger partial charge in [0.15, 0.2) is 0 Å². The number of carbonyl (C=O) groups excluding carboxylic acids is 1. The van der Waals surface area contributed by atoms with E-state index < -0.39 is 0 Å². The van der Waals surface area contributed by atoms with Gasteiger partial charge in [-0.3, -0.25) is 4.79 Å². The Morgan fingerprint density at radius 1 is 1.25 bits per heavy atom. The number of piperidine rings is 1. The Labute approximate surface area is 145 Å². The molecule has 2 unspecified atom stereocenters. The molecule has 2 N–H and O–H groups in total. The number of amides is 1. The van der Waals surface area contributed by atoms with Crippen LogP contribution in [0.2, 0.25) is 0 Å². The number of hydrogen-bond donors (Lipinski definition) is 2. The van der Waals surface area contributed by atoms with Crippen LogP contribution in [0.5, 0.6) is 5.75 Å². The molecule has 24 heavy (non-hydrogen) atoms. The number of carbonyl (C=O) groups is 1. The summed E-state index contributed by atoms with van der Waals surface area (Å²) in [6, 6.07) is 8.12. The molecular weight excluding hydrogens is 300 g/mol. The Hall–Kier alpha value is -1.55. The van der Waals surface area contributed by atoms with Crippen molar-refractivity contribution in [3.05, 3.63) is 29.8 Å². The summed E-state index contributed by atoms with van der Waals surface area (Å²) in [7, 11) is 0. The maximum Gasteiger partial charge on any atom is 0.224 e. The van der Waals surface area contributed by atoms with Gasteiger partial charge in [-0.25, -0.2) is 0 Å². The van der Waals surface area contributed by atoms with Crippen LogP contribution in [-0.2, 0) is 4.79 Å². The monoisotopic (exact) mass is 330 g/mol. The van der Waals surface area contributed by atoms with Crippen LogP contribution in [0, 0.1) is 17.3 Å². The lowest BCUT2D eigenvalue weighted by atomic mass is 9.91. The van der Waals surface area contributed by atoms with Crippen LogP contribution in [0.4, 0.5) is 0 Å². The van der Waals surface area contributed by atoms with E-state index in [9.17, 15) is 4.79 Å². The molecule has 4 heteroatoms. The average molecular weight is 330 g/mol. The van der Waals surface area contributed by atoms with Gasteiger partial charge in [-0.2, -0.15) is 0 Å². The first-order valence-electron chi connectivity index (χ1n) is 9.24.